The quantitative estimate of drug-likeness (QED) is 0.901. The Morgan fingerprint density at radius 3 is 2.74 bits per heavy atom. The summed E-state index contributed by atoms with van der Waals surface area (Å²) in [6.45, 7) is 1.97. The van der Waals surface area contributed by atoms with Gasteiger partial charge < -0.3 is 10.5 Å². The first-order chi connectivity index (χ1) is 9.11. The lowest BCUT2D eigenvalue weighted by molar-refractivity contribution is 0.163. The van der Waals surface area contributed by atoms with E-state index in [1.54, 1.807) is 29.1 Å². The number of hydrogen-bond donors (Lipinski definition) is 1. The Labute approximate surface area is 112 Å². The summed E-state index contributed by atoms with van der Waals surface area (Å²) in [7, 11) is 1.82. The minimum Gasteiger partial charge on any atom is -0.481 e. The first-order valence-corrected chi connectivity index (χ1v) is 6.27. The van der Waals surface area contributed by atoms with Crippen molar-refractivity contribution in [2.24, 2.45) is 12.8 Å². The number of para-hydroxylation sites is 1. The Balaban J connectivity index is 2.27. The summed E-state index contributed by atoms with van der Waals surface area (Å²) in [5, 5.41) is 4.11. The van der Waals surface area contributed by atoms with Gasteiger partial charge in [-0.15, -0.1) is 0 Å². The third-order valence-electron chi connectivity index (χ3n) is 3.00. The van der Waals surface area contributed by atoms with Crippen LogP contribution in [-0.4, -0.2) is 15.8 Å². The molecule has 2 aromatic rings. The molecule has 0 fully saturated rings. The van der Waals surface area contributed by atoms with E-state index < -0.39 is 6.10 Å². The van der Waals surface area contributed by atoms with Crippen LogP contribution in [0.5, 0.6) is 5.75 Å². The lowest BCUT2D eigenvalue weighted by atomic mass is 10.0. The van der Waals surface area contributed by atoms with E-state index in [2.05, 4.69) is 5.10 Å². The number of halogens is 1. The van der Waals surface area contributed by atoms with Gasteiger partial charge in [-0.1, -0.05) is 19.1 Å². The molecule has 0 saturated heterocycles. The van der Waals surface area contributed by atoms with E-state index in [0.29, 0.717) is 0 Å². The van der Waals surface area contributed by atoms with Crippen molar-refractivity contribution in [3.8, 4) is 5.75 Å². The van der Waals surface area contributed by atoms with Gasteiger partial charge in [0, 0.05) is 24.8 Å². The predicted molar refractivity (Wildman–Crippen MR) is 71.2 cm³/mol. The standard InChI is InChI=1S/C14H18FN3O/c1-3-12(16)14(10-8-17-18(2)9-10)19-13-7-5-4-6-11(13)15/h4-9,12,14H,3,16H2,1-2H3. The van der Waals surface area contributed by atoms with Gasteiger partial charge in [0.15, 0.2) is 11.6 Å². The van der Waals surface area contributed by atoms with Gasteiger partial charge in [-0.05, 0) is 18.6 Å². The molecule has 0 aliphatic heterocycles. The molecule has 0 spiro atoms. The third-order valence-corrected chi connectivity index (χ3v) is 3.00. The molecule has 0 saturated carbocycles. The molecule has 4 nitrogen and oxygen atoms in total. The van der Waals surface area contributed by atoms with Gasteiger partial charge in [0.2, 0.25) is 0 Å². The summed E-state index contributed by atoms with van der Waals surface area (Å²) >= 11 is 0. The minimum atomic E-state index is -0.407. The van der Waals surface area contributed by atoms with E-state index in [1.165, 1.54) is 6.07 Å². The fraction of sp³-hybridized carbons (Fsp3) is 0.357. The van der Waals surface area contributed by atoms with Crippen LogP contribution in [0.4, 0.5) is 4.39 Å². The zero-order chi connectivity index (χ0) is 13.8. The maximum atomic E-state index is 13.7. The zero-order valence-corrected chi connectivity index (χ0v) is 11.1. The van der Waals surface area contributed by atoms with Crippen LogP contribution in [0, 0.1) is 5.82 Å². The van der Waals surface area contributed by atoms with Gasteiger partial charge >= 0.3 is 0 Å². The van der Waals surface area contributed by atoms with Crippen molar-refractivity contribution < 1.29 is 9.13 Å². The third kappa shape index (κ3) is 3.12. The van der Waals surface area contributed by atoms with Crippen LogP contribution in [0.2, 0.25) is 0 Å². The molecule has 0 bridgehead atoms. The van der Waals surface area contributed by atoms with Crippen molar-refractivity contribution in [2.45, 2.75) is 25.5 Å². The second-order valence-corrected chi connectivity index (χ2v) is 4.49. The van der Waals surface area contributed by atoms with Crippen LogP contribution in [0.15, 0.2) is 36.7 Å². The maximum absolute atomic E-state index is 13.7. The molecule has 0 aliphatic rings. The SMILES string of the molecule is CCC(N)C(Oc1ccccc1F)c1cnn(C)c1. The number of aryl methyl sites for hydroxylation is 1. The van der Waals surface area contributed by atoms with E-state index in [1.807, 2.05) is 20.2 Å². The Hall–Kier alpha value is -1.88. The maximum Gasteiger partial charge on any atom is 0.165 e. The van der Waals surface area contributed by atoms with Gasteiger partial charge in [0.25, 0.3) is 0 Å². The van der Waals surface area contributed by atoms with E-state index in [0.717, 1.165) is 12.0 Å². The van der Waals surface area contributed by atoms with E-state index in [-0.39, 0.29) is 17.6 Å². The lowest BCUT2D eigenvalue weighted by Gasteiger charge is -2.23. The summed E-state index contributed by atoms with van der Waals surface area (Å²) in [5.74, 6) is -0.181. The average Bonchev–Trinajstić information content (AvgIpc) is 2.83. The predicted octanol–water partition coefficient (Wildman–Crippen LogP) is 2.42. The number of rotatable bonds is 5. The Kier molecular flexibility index (Phi) is 4.16. The van der Waals surface area contributed by atoms with Crippen molar-refractivity contribution in [3.05, 3.63) is 48.0 Å². The first-order valence-electron chi connectivity index (χ1n) is 6.27. The molecule has 2 unspecified atom stereocenters. The van der Waals surface area contributed by atoms with Gasteiger partial charge in [-0.3, -0.25) is 4.68 Å². The Morgan fingerprint density at radius 1 is 1.42 bits per heavy atom. The van der Waals surface area contributed by atoms with Gasteiger partial charge in [-0.25, -0.2) is 4.39 Å². The fourth-order valence-electron chi connectivity index (χ4n) is 1.88. The summed E-state index contributed by atoms with van der Waals surface area (Å²) in [5.41, 5.74) is 6.92. The van der Waals surface area contributed by atoms with Crippen LogP contribution < -0.4 is 10.5 Å². The molecule has 102 valence electrons. The number of hydrogen-bond acceptors (Lipinski definition) is 3. The second kappa shape index (κ2) is 5.84. The van der Waals surface area contributed by atoms with E-state index in [9.17, 15) is 4.39 Å². The molecule has 5 heteroatoms. The number of nitrogens with zero attached hydrogens (tertiary/aromatic N) is 2. The highest BCUT2D eigenvalue weighted by Gasteiger charge is 2.23. The molecule has 0 radical (unpaired) electrons. The Morgan fingerprint density at radius 2 is 2.16 bits per heavy atom. The van der Waals surface area contributed by atoms with Crippen molar-refractivity contribution in [3.63, 3.8) is 0 Å². The summed E-state index contributed by atoms with van der Waals surface area (Å²) in [6, 6.07) is 6.11. The zero-order valence-electron chi connectivity index (χ0n) is 11.1. The van der Waals surface area contributed by atoms with Crippen LogP contribution in [0.25, 0.3) is 0 Å². The molecule has 19 heavy (non-hydrogen) atoms. The summed E-state index contributed by atoms with van der Waals surface area (Å²) in [4.78, 5) is 0. The molecular formula is C14H18FN3O. The summed E-state index contributed by atoms with van der Waals surface area (Å²) in [6.07, 6.45) is 3.85. The molecule has 0 aliphatic carbocycles. The molecule has 2 atom stereocenters. The molecule has 1 heterocycles. The lowest BCUT2D eigenvalue weighted by Crippen LogP contribution is -2.31. The minimum absolute atomic E-state index is 0.209. The van der Waals surface area contributed by atoms with Gasteiger partial charge in [0.05, 0.1) is 6.20 Å². The van der Waals surface area contributed by atoms with Crippen molar-refractivity contribution >= 4 is 0 Å². The molecule has 0 amide bonds. The van der Waals surface area contributed by atoms with Crippen LogP contribution >= 0.6 is 0 Å². The smallest absolute Gasteiger partial charge is 0.165 e. The van der Waals surface area contributed by atoms with Gasteiger partial charge in [0.1, 0.15) is 6.10 Å². The van der Waals surface area contributed by atoms with E-state index in [4.69, 9.17) is 10.5 Å². The van der Waals surface area contributed by atoms with Gasteiger partial charge in [-0.2, -0.15) is 5.10 Å². The van der Waals surface area contributed by atoms with Crippen molar-refractivity contribution in [1.82, 2.24) is 9.78 Å². The molecule has 1 aromatic carbocycles. The summed E-state index contributed by atoms with van der Waals surface area (Å²) < 4.78 is 21.1. The first kappa shape index (κ1) is 13.5. The Bertz CT molecular complexity index is 541. The highest BCUT2D eigenvalue weighted by Crippen LogP contribution is 2.26. The average molecular weight is 263 g/mol. The largest absolute Gasteiger partial charge is 0.481 e. The second-order valence-electron chi connectivity index (χ2n) is 4.49. The van der Waals surface area contributed by atoms with Crippen molar-refractivity contribution in [1.29, 1.82) is 0 Å². The fourth-order valence-corrected chi connectivity index (χ4v) is 1.88. The van der Waals surface area contributed by atoms with Crippen molar-refractivity contribution in [2.75, 3.05) is 0 Å². The van der Waals surface area contributed by atoms with Crippen LogP contribution in [0.3, 0.4) is 0 Å². The molecule has 1 aromatic heterocycles. The number of aromatic nitrogens is 2. The number of nitrogens with two attached hydrogens (primary N) is 1. The number of benzene rings is 1. The molecule has 2 N–H and O–H groups in total. The van der Waals surface area contributed by atoms with Crippen LogP contribution in [0.1, 0.15) is 25.0 Å². The number of ether oxygens (including phenoxy) is 1. The highest BCUT2D eigenvalue weighted by molar-refractivity contribution is 5.25. The molecule has 2 rings (SSSR count). The van der Waals surface area contributed by atoms with Crippen LogP contribution in [-0.2, 0) is 7.05 Å². The van der Waals surface area contributed by atoms with E-state index >= 15 is 0 Å². The highest BCUT2D eigenvalue weighted by atomic mass is 19.1. The monoisotopic (exact) mass is 263 g/mol. The topological polar surface area (TPSA) is 53.1 Å². The molecular weight excluding hydrogens is 245 g/mol. The normalized spacial score (nSPS) is 14.1.